The molecule has 198 valence electrons. The smallest absolute Gasteiger partial charge is 0.408 e. The average molecular weight is 525 g/mol. The van der Waals surface area contributed by atoms with E-state index in [-0.39, 0.29) is 56.8 Å². The van der Waals surface area contributed by atoms with Crippen LogP contribution in [0, 0.1) is 11.8 Å². The van der Waals surface area contributed by atoms with E-state index in [2.05, 4.69) is 26.4 Å². The second-order valence-electron chi connectivity index (χ2n) is 7.45. The van der Waals surface area contributed by atoms with Gasteiger partial charge in [-0.15, -0.1) is 15.2 Å². The molecular formula is C24H33N2O9P. The molecule has 0 aliphatic carbocycles. The molecule has 0 aromatic heterocycles. The summed E-state index contributed by atoms with van der Waals surface area (Å²) < 4.78 is 32.7. The Morgan fingerprint density at radius 1 is 1.08 bits per heavy atom. The summed E-state index contributed by atoms with van der Waals surface area (Å²) in [6.07, 6.45) is -0.353. The molecule has 1 fully saturated rings. The van der Waals surface area contributed by atoms with E-state index in [0.717, 1.165) is 0 Å². The van der Waals surface area contributed by atoms with Crippen LogP contribution < -0.4 is 19.5 Å². The first-order valence-corrected chi connectivity index (χ1v) is 12.0. The highest BCUT2D eigenvalue weighted by Crippen LogP contribution is 2.38. The summed E-state index contributed by atoms with van der Waals surface area (Å²) in [6.45, 7) is 3.58. The van der Waals surface area contributed by atoms with E-state index in [1.165, 1.54) is 19.1 Å². The predicted octanol–water partition coefficient (Wildman–Crippen LogP) is 1.37. The van der Waals surface area contributed by atoms with Gasteiger partial charge in [0.15, 0.2) is 11.5 Å². The highest BCUT2D eigenvalue weighted by Gasteiger charge is 2.35. The highest BCUT2D eigenvalue weighted by atomic mass is 31.0. The van der Waals surface area contributed by atoms with Crippen LogP contribution in [0.4, 0.5) is 4.79 Å². The van der Waals surface area contributed by atoms with Crippen LogP contribution in [0.25, 0.3) is 0 Å². The lowest BCUT2D eigenvalue weighted by atomic mass is 10.2. The molecule has 2 unspecified atom stereocenters. The minimum absolute atomic E-state index is 0.0135. The number of nitrogens with one attached hydrogen (secondary N) is 1. The number of benzene rings is 1. The number of methoxy groups -OCH3 is 2. The van der Waals surface area contributed by atoms with Gasteiger partial charge in [-0.2, -0.15) is 0 Å². The largest absolute Gasteiger partial charge is 0.493 e. The van der Waals surface area contributed by atoms with Gasteiger partial charge in [0, 0.05) is 6.42 Å². The zero-order chi connectivity index (χ0) is 26.3. The third-order valence-corrected chi connectivity index (χ3v) is 5.49. The van der Waals surface area contributed by atoms with Crippen LogP contribution in [-0.2, 0) is 30.4 Å². The molecule has 1 N–H and O–H groups in total. The number of rotatable bonds is 15. The van der Waals surface area contributed by atoms with Crippen LogP contribution in [0.1, 0.15) is 18.9 Å². The number of alkyl carbamates (subject to hydrolysis) is 1. The number of ether oxygens (including phenoxy) is 6. The zero-order valence-electron chi connectivity index (χ0n) is 20.8. The maximum absolute atomic E-state index is 11.8. The van der Waals surface area contributed by atoms with Crippen LogP contribution in [0.2, 0.25) is 0 Å². The number of carbonyl (C=O) groups excluding carboxylic acids is 3. The van der Waals surface area contributed by atoms with E-state index >= 15 is 0 Å². The van der Waals surface area contributed by atoms with Crippen molar-refractivity contribution >= 4 is 27.1 Å². The lowest BCUT2D eigenvalue weighted by molar-refractivity contribution is -0.139. The van der Waals surface area contributed by atoms with Crippen molar-refractivity contribution in [2.75, 3.05) is 60.3 Å². The molecule has 1 saturated heterocycles. The second kappa shape index (κ2) is 15.8. The SMILES string of the molecule is CC#CCNC(=O)OCc1cc(OC)c(OCCOCCOCCN2C(=O)CC(P)C2=O)c(OC)c1. The molecular weight excluding hydrogens is 491 g/mol. The molecule has 1 aromatic rings. The van der Waals surface area contributed by atoms with Crippen molar-refractivity contribution < 1.29 is 42.8 Å². The Labute approximate surface area is 213 Å². The molecule has 1 heterocycles. The summed E-state index contributed by atoms with van der Waals surface area (Å²) in [6, 6.07) is 3.39. The number of nitrogens with zero attached hydrogens (tertiary/aromatic N) is 1. The van der Waals surface area contributed by atoms with E-state index in [4.69, 9.17) is 28.4 Å². The molecule has 1 aliphatic rings. The normalized spacial score (nSPS) is 14.8. The Morgan fingerprint density at radius 2 is 1.72 bits per heavy atom. The first-order chi connectivity index (χ1) is 17.4. The number of likely N-dealkylation sites (tertiary alicyclic amines) is 1. The van der Waals surface area contributed by atoms with E-state index in [1.807, 2.05) is 0 Å². The van der Waals surface area contributed by atoms with Crippen LogP contribution in [-0.4, -0.2) is 88.8 Å². The fraction of sp³-hybridized carbons (Fsp3) is 0.542. The van der Waals surface area contributed by atoms with E-state index in [1.54, 1.807) is 19.1 Å². The van der Waals surface area contributed by atoms with Gasteiger partial charge in [-0.3, -0.25) is 14.5 Å². The maximum Gasteiger partial charge on any atom is 0.408 e. The van der Waals surface area contributed by atoms with Gasteiger partial charge in [-0.25, -0.2) is 4.79 Å². The number of carbonyl (C=O) groups is 3. The molecule has 36 heavy (non-hydrogen) atoms. The first-order valence-electron chi connectivity index (χ1n) is 11.3. The van der Waals surface area contributed by atoms with Gasteiger partial charge in [0.1, 0.15) is 13.2 Å². The molecule has 3 amide bonds. The number of hydrogen-bond acceptors (Lipinski definition) is 9. The Bertz CT molecular complexity index is 936. The van der Waals surface area contributed by atoms with E-state index in [0.29, 0.717) is 42.6 Å². The van der Waals surface area contributed by atoms with Crippen molar-refractivity contribution in [3.8, 4) is 29.1 Å². The molecule has 0 saturated carbocycles. The topological polar surface area (TPSA) is 122 Å². The Morgan fingerprint density at radius 3 is 2.31 bits per heavy atom. The molecule has 1 aromatic carbocycles. The van der Waals surface area contributed by atoms with Gasteiger partial charge in [-0.05, 0) is 24.6 Å². The van der Waals surface area contributed by atoms with E-state index < -0.39 is 6.09 Å². The Hall–Kier alpha value is -3.06. The van der Waals surface area contributed by atoms with Crippen LogP contribution in [0.15, 0.2) is 12.1 Å². The van der Waals surface area contributed by atoms with Crippen molar-refractivity contribution in [3.63, 3.8) is 0 Å². The van der Waals surface area contributed by atoms with E-state index in [9.17, 15) is 14.4 Å². The lowest BCUT2D eigenvalue weighted by Gasteiger charge is -2.16. The van der Waals surface area contributed by atoms with Crippen molar-refractivity contribution in [2.24, 2.45) is 0 Å². The van der Waals surface area contributed by atoms with Crippen LogP contribution in [0.5, 0.6) is 17.2 Å². The maximum atomic E-state index is 11.8. The minimum Gasteiger partial charge on any atom is -0.493 e. The van der Waals surface area contributed by atoms with Gasteiger partial charge in [0.2, 0.25) is 17.6 Å². The van der Waals surface area contributed by atoms with Crippen molar-refractivity contribution in [1.82, 2.24) is 10.2 Å². The average Bonchev–Trinajstić information content (AvgIpc) is 3.12. The molecule has 2 rings (SSSR count). The summed E-state index contributed by atoms with van der Waals surface area (Å²) in [5.41, 5.74) is 0.326. The summed E-state index contributed by atoms with van der Waals surface area (Å²) in [7, 11) is 5.38. The molecule has 0 spiro atoms. The van der Waals surface area contributed by atoms with Gasteiger partial charge in [-0.1, -0.05) is 5.92 Å². The molecule has 0 bridgehead atoms. The van der Waals surface area contributed by atoms with Gasteiger partial charge in [0.25, 0.3) is 0 Å². The van der Waals surface area contributed by atoms with Gasteiger partial charge < -0.3 is 33.7 Å². The van der Waals surface area contributed by atoms with Gasteiger partial charge >= 0.3 is 6.09 Å². The van der Waals surface area contributed by atoms with Gasteiger partial charge in [0.05, 0.1) is 59.4 Å². The molecule has 0 radical (unpaired) electrons. The number of hydrogen-bond donors (Lipinski definition) is 1. The second-order valence-corrected chi connectivity index (χ2v) is 8.26. The first kappa shape index (κ1) is 29.2. The summed E-state index contributed by atoms with van der Waals surface area (Å²) in [5, 5.41) is 2.52. The van der Waals surface area contributed by atoms with Crippen LogP contribution >= 0.6 is 9.24 Å². The number of amides is 3. The summed E-state index contributed by atoms with van der Waals surface area (Å²) in [5.74, 6) is 6.28. The fourth-order valence-corrected chi connectivity index (χ4v) is 3.57. The number of imide groups is 1. The highest BCUT2D eigenvalue weighted by molar-refractivity contribution is 7.19. The molecule has 2 atom stereocenters. The zero-order valence-corrected chi connectivity index (χ0v) is 21.9. The predicted molar refractivity (Wildman–Crippen MR) is 133 cm³/mol. The fourth-order valence-electron chi connectivity index (χ4n) is 3.19. The third kappa shape index (κ3) is 9.19. The summed E-state index contributed by atoms with van der Waals surface area (Å²) in [4.78, 5) is 36.5. The molecule has 12 heteroatoms. The third-order valence-electron chi connectivity index (χ3n) is 4.97. The van der Waals surface area contributed by atoms with Crippen molar-refractivity contribution in [2.45, 2.75) is 25.6 Å². The quantitative estimate of drug-likeness (QED) is 0.157. The molecule has 1 aliphatic heterocycles. The monoisotopic (exact) mass is 524 g/mol. The standard InChI is InChI=1S/C24H33N2O9P/c1-4-5-6-25-24(29)35-16-17-13-18(30-2)22(19(14-17)31-3)34-12-11-33-10-9-32-8-7-26-21(27)15-20(36)23(26)28/h13-14,20H,6-12,15-16,36H2,1-3H3,(H,25,29). The summed E-state index contributed by atoms with van der Waals surface area (Å²) >= 11 is 0. The van der Waals surface area contributed by atoms with Crippen molar-refractivity contribution in [1.29, 1.82) is 0 Å². The Balaban J connectivity index is 1.69. The lowest BCUT2D eigenvalue weighted by Crippen LogP contribution is -2.34. The Kier molecular flexibility index (Phi) is 12.8. The molecule has 11 nitrogen and oxygen atoms in total. The van der Waals surface area contributed by atoms with Crippen LogP contribution in [0.3, 0.4) is 0 Å². The minimum atomic E-state index is -0.580. The van der Waals surface area contributed by atoms with Crippen molar-refractivity contribution in [3.05, 3.63) is 17.7 Å².